The van der Waals surface area contributed by atoms with Gasteiger partial charge in [0, 0.05) is 12.6 Å². The quantitative estimate of drug-likeness (QED) is 0.422. The number of ether oxygens (including phenoxy) is 2. The molecule has 0 bridgehead atoms. The molecule has 0 saturated carbocycles. The van der Waals surface area contributed by atoms with Gasteiger partial charge in [-0.1, -0.05) is 13.3 Å². The minimum absolute atomic E-state index is 0.329. The second-order valence-electron chi connectivity index (χ2n) is 3.50. The molecule has 98 valence electrons. The fourth-order valence-electron chi connectivity index (χ4n) is 1.02. The van der Waals surface area contributed by atoms with Crippen LogP contribution in [0.3, 0.4) is 0 Å². The topological polar surface area (TPSA) is 64.6 Å². The largest absolute Gasteiger partial charge is 0.463 e. The van der Waals surface area contributed by atoms with Crippen molar-refractivity contribution in [2.24, 2.45) is 0 Å². The Kier molecular flexibility index (Phi) is 8.82. The molecule has 5 nitrogen and oxygen atoms in total. The van der Waals surface area contributed by atoms with E-state index in [2.05, 4.69) is 5.32 Å². The summed E-state index contributed by atoms with van der Waals surface area (Å²) >= 11 is 0. The number of hydrogen-bond donors (Lipinski definition) is 1. The molecular formula is C12H21NO4. The molecule has 0 fully saturated rings. The summed E-state index contributed by atoms with van der Waals surface area (Å²) in [5.41, 5.74) is 0. The van der Waals surface area contributed by atoms with Crippen molar-refractivity contribution in [3.8, 4) is 0 Å². The molecule has 0 aliphatic heterocycles. The Morgan fingerprint density at radius 1 is 1.35 bits per heavy atom. The van der Waals surface area contributed by atoms with E-state index in [1.807, 2.05) is 6.92 Å². The second-order valence-corrected chi connectivity index (χ2v) is 3.50. The molecular weight excluding hydrogens is 222 g/mol. The van der Waals surface area contributed by atoms with E-state index in [1.165, 1.54) is 12.2 Å². The van der Waals surface area contributed by atoms with Gasteiger partial charge in [0.15, 0.2) is 0 Å². The van der Waals surface area contributed by atoms with E-state index in [0.29, 0.717) is 13.2 Å². The Labute approximate surface area is 102 Å². The normalized spacial score (nSPS) is 12.2. The fraction of sp³-hybridized carbons (Fsp3) is 0.667. The lowest BCUT2D eigenvalue weighted by molar-refractivity contribution is -0.137. The number of carbonyl (C=O) groups is 2. The van der Waals surface area contributed by atoms with Gasteiger partial charge in [-0.3, -0.25) is 0 Å². The van der Waals surface area contributed by atoms with Crippen molar-refractivity contribution in [2.45, 2.75) is 39.7 Å². The van der Waals surface area contributed by atoms with Crippen LogP contribution in [-0.2, 0) is 14.3 Å². The summed E-state index contributed by atoms with van der Waals surface area (Å²) in [7, 11) is 0. The molecule has 0 saturated heterocycles. The number of unbranched alkanes of at least 4 members (excludes halogenated alkanes) is 1. The first kappa shape index (κ1) is 15.5. The Morgan fingerprint density at radius 2 is 2.06 bits per heavy atom. The van der Waals surface area contributed by atoms with E-state index in [-0.39, 0.29) is 0 Å². The average Bonchev–Trinajstić information content (AvgIpc) is 2.27. The summed E-state index contributed by atoms with van der Waals surface area (Å²) in [6.07, 6.45) is 3.74. The van der Waals surface area contributed by atoms with Gasteiger partial charge in [0.05, 0.1) is 6.61 Å². The highest BCUT2D eigenvalue weighted by Gasteiger charge is 2.05. The molecule has 1 unspecified atom stereocenters. The van der Waals surface area contributed by atoms with Crippen molar-refractivity contribution >= 4 is 12.1 Å². The molecule has 0 radical (unpaired) electrons. The number of amides is 1. The van der Waals surface area contributed by atoms with Gasteiger partial charge in [0.1, 0.15) is 6.10 Å². The average molecular weight is 243 g/mol. The van der Waals surface area contributed by atoms with Gasteiger partial charge in [0.25, 0.3) is 0 Å². The van der Waals surface area contributed by atoms with E-state index >= 15 is 0 Å². The number of hydrogen-bond acceptors (Lipinski definition) is 4. The first-order chi connectivity index (χ1) is 8.10. The van der Waals surface area contributed by atoms with Gasteiger partial charge in [-0.05, 0) is 26.3 Å². The Morgan fingerprint density at radius 3 is 2.65 bits per heavy atom. The van der Waals surface area contributed by atoms with Crippen LogP contribution in [0.2, 0.25) is 0 Å². The molecule has 0 aliphatic rings. The Bertz CT molecular complexity index is 263. The lowest BCUT2D eigenvalue weighted by atomic mass is 10.3. The minimum Gasteiger partial charge on any atom is -0.463 e. The van der Waals surface area contributed by atoms with Crippen LogP contribution in [0.1, 0.15) is 33.6 Å². The highest BCUT2D eigenvalue weighted by atomic mass is 16.6. The Balaban J connectivity index is 3.80. The van der Waals surface area contributed by atoms with E-state index in [1.54, 1.807) is 13.8 Å². The molecule has 0 rings (SSSR count). The van der Waals surface area contributed by atoms with Gasteiger partial charge in [-0.2, -0.15) is 0 Å². The molecule has 0 heterocycles. The molecule has 17 heavy (non-hydrogen) atoms. The summed E-state index contributed by atoms with van der Waals surface area (Å²) in [4.78, 5) is 22.2. The second kappa shape index (κ2) is 9.69. The molecule has 0 aromatic carbocycles. The van der Waals surface area contributed by atoms with E-state index in [4.69, 9.17) is 9.47 Å². The molecule has 0 aromatic heterocycles. The van der Waals surface area contributed by atoms with Crippen LogP contribution in [0, 0.1) is 0 Å². The third-order valence-electron chi connectivity index (χ3n) is 1.88. The number of alkyl carbamates (subject to hydrolysis) is 1. The first-order valence-corrected chi connectivity index (χ1v) is 5.89. The molecule has 5 heteroatoms. The van der Waals surface area contributed by atoms with Crippen molar-refractivity contribution in [2.75, 3.05) is 13.2 Å². The SMILES string of the molecule is CCCCNC(=O)OC(C)/C=C/C(=O)OCC. The smallest absolute Gasteiger partial charge is 0.407 e. The third-order valence-corrected chi connectivity index (χ3v) is 1.88. The highest BCUT2D eigenvalue weighted by Crippen LogP contribution is 1.95. The van der Waals surface area contributed by atoms with Gasteiger partial charge in [0.2, 0.25) is 0 Å². The third kappa shape index (κ3) is 9.41. The predicted molar refractivity (Wildman–Crippen MR) is 64.6 cm³/mol. The number of carbonyl (C=O) groups excluding carboxylic acids is 2. The van der Waals surface area contributed by atoms with Gasteiger partial charge in [-0.25, -0.2) is 9.59 Å². The standard InChI is InChI=1S/C12H21NO4/c1-4-6-9-13-12(15)17-10(3)7-8-11(14)16-5-2/h7-8,10H,4-6,9H2,1-3H3,(H,13,15)/b8-7+. The van der Waals surface area contributed by atoms with Crippen LogP contribution < -0.4 is 5.32 Å². The maximum Gasteiger partial charge on any atom is 0.407 e. The molecule has 1 N–H and O–H groups in total. The summed E-state index contributed by atoms with van der Waals surface area (Å²) < 4.78 is 9.68. The van der Waals surface area contributed by atoms with Crippen molar-refractivity contribution in [1.29, 1.82) is 0 Å². The van der Waals surface area contributed by atoms with Crippen LogP contribution >= 0.6 is 0 Å². The van der Waals surface area contributed by atoms with Gasteiger partial charge < -0.3 is 14.8 Å². The van der Waals surface area contributed by atoms with Crippen LogP contribution in [0.25, 0.3) is 0 Å². The predicted octanol–water partition coefficient (Wildman–Crippen LogP) is 2.02. The molecule has 1 amide bonds. The van der Waals surface area contributed by atoms with Crippen LogP contribution in [0.4, 0.5) is 4.79 Å². The summed E-state index contributed by atoms with van der Waals surface area (Å²) in [6.45, 7) is 6.37. The van der Waals surface area contributed by atoms with E-state index in [0.717, 1.165) is 12.8 Å². The van der Waals surface area contributed by atoms with E-state index in [9.17, 15) is 9.59 Å². The maximum atomic E-state index is 11.2. The molecule has 0 aliphatic carbocycles. The summed E-state index contributed by atoms with van der Waals surface area (Å²) in [5, 5.41) is 2.62. The van der Waals surface area contributed by atoms with Crippen molar-refractivity contribution in [3.05, 3.63) is 12.2 Å². The number of nitrogens with one attached hydrogen (secondary N) is 1. The summed E-state index contributed by atoms with van der Waals surface area (Å²) in [6, 6.07) is 0. The minimum atomic E-state index is -0.473. The van der Waals surface area contributed by atoms with Crippen LogP contribution in [-0.4, -0.2) is 31.3 Å². The highest BCUT2D eigenvalue weighted by molar-refractivity contribution is 5.82. The first-order valence-electron chi connectivity index (χ1n) is 5.89. The van der Waals surface area contributed by atoms with Gasteiger partial charge in [-0.15, -0.1) is 0 Å². The van der Waals surface area contributed by atoms with Crippen molar-refractivity contribution in [1.82, 2.24) is 5.32 Å². The monoisotopic (exact) mass is 243 g/mol. The Hall–Kier alpha value is -1.52. The van der Waals surface area contributed by atoms with E-state index < -0.39 is 18.2 Å². The zero-order chi connectivity index (χ0) is 13.1. The van der Waals surface area contributed by atoms with Gasteiger partial charge >= 0.3 is 12.1 Å². The molecule has 0 aromatic rings. The zero-order valence-corrected chi connectivity index (χ0v) is 10.7. The fourth-order valence-corrected chi connectivity index (χ4v) is 1.02. The number of rotatable bonds is 7. The molecule has 0 spiro atoms. The van der Waals surface area contributed by atoms with Crippen molar-refractivity contribution in [3.63, 3.8) is 0 Å². The molecule has 1 atom stereocenters. The van der Waals surface area contributed by atoms with Crippen molar-refractivity contribution < 1.29 is 19.1 Å². The lowest BCUT2D eigenvalue weighted by Crippen LogP contribution is -2.28. The number of esters is 1. The zero-order valence-electron chi connectivity index (χ0n) is 10.7. The lowest BCUT2D eigenvalue weighted by Gasteiger charge is -2.09. The van der Waals surface area contributed by atoms with Crippen LogP contribution in [0.5, 0.6) is 0 Å². The maximum absolute atomic E-state index is 11.2. The van der Waals surface area contributed by atoms with Crippen LogP contribution in [0.15, 0.2) is 12.2 Å². The summed E-state index contributed by atoms with van der Waals surface area (Å²) in [5.74, 6) is -0.436.